The number of carbonyl (C=O) groups excluding carboxylic acids is 1. The zero-order chi connectivity index (χ0) is 10.6. The Kier molecular flexibility index (Phi) is 4.03. The van der Waals surface area contributed by atoms with Gasteiger partial charge in [-0.2, -0.15) is 0 Å². The third-order valence-electron chi connectivity index (χ3n) is 1.83. The molecule has 0 aliphatic heterocycles. The van der Waals surface area contributed by atoms with Gasteiger partial charge in [0, 0.05) is 18.2 Å². The molecule has 0 aliphatic carbocycles. The summed E-state index contributed by atoms with van der Waals surface area (Å²) in [7, 11) is 1.51. The number of rotatable bonds is 4. The summed E-state index contributed by atoms with van der Waals surface area (Å²) in [6.07, 6.45) is 1.38. The second-order valence-electron chi connectivity index (χ2n) is 2.94. The van der Waals surface area contributed by atoms with Gasteiger partial charge in [0.15, 0.2) is 0 Å². The van der Waals surface area contributed by atoms with Crippen molar-refractivity contribution in [2.75, 3.05) is 7.11 Å². The van der Waals surface area contributed by atoms with Crippen molar-refractivity contribution in [2.24, 2.45) is 0 Å². The highest BCUT2D eigenvalue weighted by Gasteiger charge is 2.10. The number of hydrogen-bond acceptors (Lipinski definition) is 4. The fourth-order valence-corrected chi connectivity index (χ4v) is 1.65. The van der Waals surface area contributed by atoms with E-state index in [-0.39, 0.29) is 5.91 Å². The van der Waals surface area contributed by atoms with E-state index in [1.54, 1.807) is 24.5 Å². The van der Waals surface area contributed by atoms with Gasteiger partial charge in [-0.05, 0) is 13.8 Å². The van der Waals surface area contributed by atoms with E-state index in [1.165, 1.54) is 7.11 Å². The lowest BCUT2D eigenvalue weighted by Gasteiger charge is -2.08. The van der Waals surface area contributed by atoms with Gasteiger partial charge in [0.2, 0.25) is 5.91 Å². The van der Waals surface area contributed by atoms with Crippen LogP contribution < -0.4 is 5.32 Å². The van der Waals surface area contributed by atoms with E-state index in [0.29, 0.717) is 6.54 Å². The van der Waals surface area contributed by atoms with Gasteiger partial charge < -0.3 is 10.1 Å². The summed E-state index contributed by atoms with van der Waals surface area (Å²) in [5.41, 5.74) is 0. The topological polar surface area (TPSA) is 51.2 Å². The molecule has 0 bridgehead atoms. The Bertz CT molecular complexity index is 312. The van der Waals surface area contributed by atoms with Crippen molar-refractivity contribution < 1.29 is 9.53 Å². The standard InChI is InChI=1S/C9H14N2O2S/c1-6(13-3)9(12)11-5-8-4-10-7(2)14-8/h4,6H,5H2,1-3H3,(H,11,12)/t6-/m0/s1. The number of nitrogens with one attached hydrogen (secondary N) is 1. The van der Waals surface area contributed by atoms with E-state index in [0.717, 1.165) is 9.88 Å². The lowest BCUT2D eigenvalue weighted by atomic mass is 10.4. The second-order valence-corrected chi connectivity index (χ2v) is 4.26. The molecule has 1 heterocycles. The summed E-state index contributed by atoms with van der Waals surface area (Å²) >= 11 is 1.58. The minimum absolute atomic E-state index is 0.0986. The third kappa shape index (κ3) is 3.08. The van der Waals surface area contributed by atoms with Crippen molar-refractivity contribution >= 4 is 17.2 Å². The lowest BCUT2D eigenvalue weighted by molar-refractivity contribution is -0.130. The van der Waals surface area contributed by atoms with Crippen molar-refractivity contribution in [2.45, 2.75) is 26.5 Å². The molecule has 0 unspecified atom stereocenters. The Morgan fingerprint density at radius 2 is 2.50 bits per heavy atom. The molecule has 14 heavy (non-hydrogen) atoms. The quantitative estimate of drug-likeness (QED) is 0.816. The minimum atomic E-state index is -0.399. The molecule has 1 N–H and O–H groups in total. The molecule has 1 atom stereocenters. The molecule has 1 rings (SSSR count). The van der Waals surface area contributed by atoms with Crippen molar-refractivity contribution in [1.82, 2.24) is 10.3 Å². The molecular weight excluding hydrogens is 200 g/mol. The van der Waals surface area contributed by atoms with E-state index in [9.17, 15) is 4.79 Å². The molecule has 78 valence electrons. The van der Waals surface area contributed by atoms with Crippen LogP contribution in [0.3, 0.4) is 0 Å². The molecule has 0 aliphatic rings. The van der Waals surface area contributed by atoms with Gasteiger partial charge in [-0.15, -0.1) is 11.3 Å². The smallest absolute Gasteiger partial charge is 0.249 e. The Labute approximate surface area is 87.3 Å². The Balaban J connectivity index is 2.37. The molecule has 0 fully saturated rings. The first-order valence-corrected chi connectivity index (χ1v) is 5.17. The van der Waals surface area contributed by atoms with Crippen LogP contribution in [-0.2, 0) is 16.1 Å². The average Bonchev–Trinajstić information content (AvgIpc) is 2.59. The molecule has 1 aromatic rings. The predicted molar refractivity (Wildman–Crippen MR) is 55.2 cm³/mol. The van der Waals surface area contributed by atoms with E-state index < -0.39 is 6.10 Å². The van der Waals surface area contributed by atoms with Crippen LogP contribution in [0.4, 0.5) is 0 Å². The summed E-state index contributed by atoms with van der Waals surface area (Å²) in [6, 6.07) is 0. The van der Waals surface area contributed by atoms with Crippen LogP contribution in [0.5, 0.6) is 0 Å². The maximum absolute atomic E-state index is 11.3. The first kappa shape index (κ1) is 11.1. The maximum Gasteiger partial charge on any atom is 0.249 e. The van der Waals surface area contributed by atoms with Gasteiger partial charge in [-0.3, -0.25) is 4.79 Å². The highest BCUT2D eigenvalue weighted by atomic mass is 32.1. The molecule has 0 saturated carbocycles. The summed E-state index contributed by atoms with van der Waals surface area (Å²) in [6.45, 7) is 4.18. The van der Waals surface area contributed by atoms with E-state index >= 15 is 0 Å². The number of thiazole rings is 1. The molecule has 0 spiro atoms. The first-order valence-electron chi connectivity index (χ1n) is 4.35. The average molecular weight is 214 g/mol. The highest BCUT2D eigenvalue weighted by Crippen LogP contribution is 2.10. The second kappa shape index (κ2) is 5.07. The number of aromatic nitrogens is 1. The Morgan fingerprint density at radius 3 is 3.00 bits per heavy atom. The molecule has 0 saturated heterocycles. The fraction of sp³-hybridized carbons (Fsp3) is 0.556. The van der Waals surface area contributed by atoms with Crippen molar-refractivity contribution in [3.8, 4) is 0 Å². The molecule has 5 heteroatoms. The van der Waals surface area contributed by atoms with E-state index in [2.05, 4.69) is 10.3 Å². The van der Waals surface area contributed by atoms with Crippen LogP contribution in [0.1, 0.15) is 16.8 Å². The molecule has 1 amide bonds. The normalized spacial score (nSPS) is 12.5. The molecule has 0 radical (unpaired) electrons. The largest absolute Gasteiger partial charge is 0.372 e. The van der Waals surface area contributed by atoms with Crippen LogP contribution in [0.25, 0.3) is 0 Å². The number of nitrogens with zero attached hydrogens (tertiary/aromatic N) is 1. The van der Waals surface area contributed by atoms with Crippen molar-refractivity contribution in [3.63, 3.8) is 0 Å². The van der Waals surface area contributed by atoms with Gasteiger partial charge in [0.05, 0.1) is 11.6 Å². The van der Waals surface area contributed by atoms with Gasteiger partial charge in [-0.1, -0.05) is 0 Å². The minimum Gasteiger partial charge on any atom is -0.372 e. The summed E-state index contributed by atoms with van der Waals surface area (Å²) in [5.74, 6) is -0.0986. The highest BCUT2D eigenvalue weighted by molar-refractivity contribution is 7.11. The summed E-state index contributed by atoms with van der Waals surface area (Å²) in [4.78, 5) is 16.5. The van der Waals surface area contributed by atoms with Gasteiger partial charge in [0.1, 0.15) is 6.10 Å². The van der Waals surface area contributed by atoms with Crippen LogP contribution >= 0.6 is 11.3 Å². The number of hydrogen-bond donors (Lipinski definition) is 1. The number of amides is 1. The SMILES string of the molecule is CO[C@@H](C)C(=O)NCc1cnc(C)s1. The van der Waals surface area contributed by atoms with E-state index in [1.807, 2.05) is 6.92 Å². The Morgan fingerprint density at radius 1 is 1.79 bits per heavy atom. The van der Waals surface area contributed by atoms with Gasteiger partial charge >= 0.3 is 0 Å². The Hall–Kier alpha value is -0.940. The number of methoxy groups -OCH3 is 1. The zero-order valence-electron chi connectivity index (χ0n) is 8.53. The number of aryl methyl sites for hydroxylation is 1. The van der Waals surface area contributed by atoms with Gasteiger partial charge in [-0.25, -0.2) is 4.98 Å². The molecule has 0 aromatic carbocycles. The number of ether oxygens (including phenoxy) is 1. The third-order valence-corrected chi connectivity index (χ3v) is 2.74. The lowest BCUT2D eigenvalue weighted by Crippen LogP contribution is -2.33. The maximum atomic E-state index is 11.3. The van der Waals surface area contributed by atoms with Crippen molar-refractivity contribution in [1.29, 1.82) is 0 Å². The predicted octanol–water partition coefficient (Wildman–Crippen LogP) is 1.10. The molecule has 4 nitrogen and oxygen atoms in total. The van der Waals surface area contributed by atoms with Crippen LogP contribution in [-0.4, -0.2) is 24.1 Å². The van der Waals surface area contributed by atoms with E-state index in [4.69, 9.17) is 4.74 Å². The zero-order valence-corrected chi connectivity index (χ0v) is 9.35. The van der Waals surface area contributed by atoms with Crippen LogP contribution in [0.15, 0.2) is 6.20 Å². The monoisotopic (exact) mass is 214 g/mol. The number of carbonyl (C=O) groups is 1. The van der Waals surface area contributed by atoms with Gasteiger partial charge in [0.25, 0.3) is 0 Å². The summed E-state index contributed by atoms with van der Waals surface area (Å²) in [5, 5.41) is 3.78. The van der Waals surface area contributed by atoms with Crippen LogP contribution in [0.2, 0.25) is 0 Å². The molecular formula is C9H14N2O2S. The van der Waals surface area contributed by atoms with Crippen LogP contribution in [0, 0.1) is 6.92 Å². The fourth-order valence-electron chi connectivity index (χ4n) is 0.912. The summed E-state index contributed by atoms with van der Waals surface area (Å²) < 4.78 is 4.88. The van der Waals surface area contributed by atoms with Crippen molar-refractivity contribution in [3.05, 3.63) is 16.1 Å². The molecule has 1 aromatic heterocycles. The first-order chi connectivity index (χ1) is 6.63.